The van der Waals surface area contributed by atoms with Gasteiger partial charge in [0.25, 0.3) is 6.26 Å². The number of hydrogen-bond acceptors (Lipinski definition) is 3. The molecule has 0 unspecified atom stereocenters. The van der Waals surface area contributed by atoms with E-state index < -0.39 is 0 Å². The van der Waals surface area contributed by atoms with Crippen LogP contribution in [0.3, 0.4) is 0 Å². The maximum atomic E-state index is 8.36. The summed E-state index contributed by atoms with van der Waals surface area (Å²) < 4.78 is 4.56. The molecule has 1 rings (SSSR count). The van der Waals surface area contributed by atoms with E-state index in [0.717, 1.165) is 5.56 Å². The highest BCUT2D eigenvalue weighted by Gasteiger charge is 1.93. The molecule has 3 heteroatoms. The Labute approximate surface area is 70.4 Å². The van der Waals surface area contributed by atoms with Gasteiger partial charge < -0.3 is 4.74 Å². The van der Waals surface area contributed by atoms with Crippen molar-refractivity contribution in [1.82, 2.24) is 0 Å². The molecule has 1 aromatic rings. The molecule has 0 aliphatic rings. The van der Waals surface area contributed by atoms with Gasteiger partial charge in [0.2, 0.25) is 0 Å². The van der Waals surface area contributed by atoms with E-state index in [9.17, 15) is 0 Å². The lowest BCUT2D eigenvalue weighted by molar-refractivity contribution is 0.507. The molecule has 12 heavy (non-hydrogen) atoms. The lowest BCUT2D eigenvalue weighted by Crippen LogP contribution is -1.83. The van der Waals surface area contributed by atoms with Crippen molar-refractivity contribution in [3.63, 3.8) is 0 Å². The number of benzene rings is 1. The van der Waals surface area contributed by atoms with E-state index in [2.05, 4.69) is 4.74 Å². The third kappa shape index (κ3) is 2.00. The van der Waals surface area contributed by atoms with Crippen LogP contribution in [0.2, 0.25) is 0 Å². The number of rotatable bonds is 2. The van der Waals surface area contributed by atoms with E-state index in [1.165, 1.54) is 0 Å². The summed E-state index contributed by atoms with van der Waals surface area (Å²) in [6.45, 7) is 0. The Balaban J connectivity index is 2.74. The van der Waals surface area contributed by atoms with Crippen LogP contribution in [0.5, 0.6) is 5.75 Å². The molecule has 0 radical (unpaired) electrons. The number of hydrogen-bond donors (Lipinski definition) is 0. The molecular weight excluding hydrogens is 152 g/mol. The van der Waals surface area contributed by atoms with Gasteiger partial charge in [-0.3, -0.25) is 0 Å². The molecule has 58 valence electrons. The van der Waals surface area contributed by atoms with Gasteiger partial charge in [0.15, 0.2) is 0 Å². The highest BCUT2D eigenvalue weighted by atomic mass is 16.5. The highest BCUT2D eigenvalue weighted by Crippen LogP contribution is 2.11. The van der Waals surface area contributed by atoms with E-state index in [-0.39, 0.29) is 0 Å². The van der Waals surface area contributed by atoms with E-state index in [4.69, 9.17) is 10.5 Å². The fourth-order valence-electron chi connectivity index (χ4n) is 0.819. The van der Waals surface area contributed by atoms with Gasteiger partial charge in [-0.05, 0) is 17.7 Å². The Hall–Kier alpha value is -2.00. The first-order valence-corrected chi connectivity index (χ1v) is 3.38. The van der Waals surface area contributed by atoms with Crippen LogP contribution in [0, 0.1) is 22.8 Å². The quantitative estimate of drug-likeness (QED) is 0.614. The minimum atomic E-state index is 0.382. The molecule has 0 atom stereocenters. The van der Waals surface area contributed by atoms with Crippen LogP contribution in [0.25, 0.3) is 0 Å². The van der Waals surface area contributed by atoms with E-state index in [0.29, 0.717) is 12.2 Å². The summed E-state index contributed by atoms with van der Waals surface area (Å²) in [5.41, 5.74) is 0.919. The molecule has 3 nitrogen and oxygen atoms in total. The fourth-order valence-corrected chi connectivity index (χ4v) is 0.819. The number of nitriles is 2. The normalized spacial score (nSPS) is 8.17. The van der Waals surface area contributed by atoms with E-state index >= 15 is 0 Å². The Bertz CT molecular complexity index is 294. The zero-order chi connectivity index (χ0) is 8.81. The fraction of sp³-hybridized carbons (Fsp3) is 0.111. The summed E-state index contributed by atoms with van der Waals surface area (Å²) in [4.78, 5) is 0. The minimum absolute atomic E-state index is 0.382. The van der Waals surface area contributed by atoms with Crippen molar-refractivity contribution >= 4 is 0 Å². The first-order chi connectivity index (χ1) is 5.86. The summed E-state index contributed by atoms with van der Waals surface area (Å²) in [7, 11) is 0. The van der Waals surface area contributed by atoms with Crippen molar-refractivity contribution in [2.75, 3.05) is 0 Å². The van der Waals surface area contributed by atoms with Gasteiger partial charge in [0.05, 0.1) is 12.5 Å². The molecule has 0 fully saturated rings. The maximum Gasteiger partial charge on any atom is 0.292 e. The van der Waals surface area contributed by atoms with Crippen LogP contribution < -0.4 is 4.74 Å². The first kappa shape index (κ1) is 8.10. The van der Waals surface area contributed by atoms with Crippen molar-refractivity contribution < 1.29 is 4.74 Å². The maximum absolute atomic E-state index is 8.36. The molecule has 0 aromatic heterocycles. The van der Waals surface area contributed by atoms with Crippen LogP contribution in [0.1, 0.15) is 5.56 Å². The van der Waals surface area contributed by atoms with Gasteiger partial charge in [0.1, 0.15) is 5.75 Å². The summed E-state index contributed by atoms with van der Waals surface area (Å²) in [5.74, 6) is 0.499. The van der Waals surface area contributed by atoms with Gasteiger partial charge in [-0.15, -0.1) is 5.26 Å². The Morgan fingerprint density at radius 1 is 1.17 bits per heavy atom. The van der Waals surface area contributed by atoms with Crippen LogP contribution in [0.15, 0.2) is 24.3 Å². The predicted octanol–water partition coefficient (Wildman–Crippen LogP) is 1.61. The third-order valence-electron chi connectivity index (χ3n) is 1.37. The molecule has 1 aromatic carbocycles. The van der Waals surface area contributed by atoms with Gasteiger partial charge in [-0.25, -0.2) is 0 Å². The van der Waals surface area contributed by atoms with Crippen molar-refractivity contribution in [2.24, 2.45) is 0 Å². The third-order valence-corrected chi connectivity index (χ3v) is 1.37. The molecule has 0 aliphatic carbocycles. The lowest BCUT2D eigenvalue weighted by atomic mass is 10.2. The molecule has 0 saturated carbocycles. The molecule has 0 amide bonds. The summed E-state index contributed by atoms with van der Waals surface area (Å²) >= 11 is 0. The van der Waals surface area contributed by atoms with Crippen molar-refractivity contribution in [1.29, 1.82) is 10.5 Å². The SMILES string of the molecule is N#CCc1ccc(OC#N)cc1. The molecule has 0 saturated heterocycles. The zero-order valence-electron chi connectivity index (χ0n) is 6.32. The van der Waals surface area contributed by atoms with Crippen molar-refractivity contribution in [3.05, 3.63) is 29.8 Å². The summed E-state index contributed by atoms with van der Waals surface area (Å²) in [5, 5.41) is 16.5. The zero-order valence-corrected chi connectivity index (χ0v) is 6.32. The summed E-state index contributed by atoms with van der Waals surface area (Å²) in [6.07, 6.45) is 1.95. The van der Waals surface area contributed by atoms with Crippen LogP contribution in [0.4, 0.5) is 0 Å². The molecule has 0 aliphatic heterocycles. The minimum Gasteiger partial charge on any atom is -0.388 e. The molecule has 0 heterocycles. The van der Waals surface area contributed by atoms with Gasteiger partial charge in [-0.1, -0.05) is 12.1 Å². The average Bonchev–Trinajstić information content (AvgIpc) is 2.09. The topological polar surface area (TPSA) is 56.8 Å². The monoisotopic (exact) mass is 158 g/mol. The Kier molecular flexibility index (Phi) is 2.70. The average molecular weight is 158 g/mol. The number of ether oxygens (including phenoxy) is 1. The molecule has 0 spiro atoms. The number of nitrogens with zero attached hydrogens (tertiary/aromatic N) is 2. The van der Waals surface area contributed by atoms with Crippen molar-refractivity contribution in [2.45, 2.75) is 6.42 Å². The largest absolute Gasteiger partial charge is 0.388 e. The van der Waals surface area contributed by atoms with Crippen LogP contribution in [-0.4, -0.2) is 0 Å². The van der Waals surface area contributed by atoms with E-state index in [1.54, 1.807) is 30.5 Å². The second-order valence-electron chi connectivity index (χ2n) is 2.17. The first-order valence-electron chi connectivity index (χ1n) is 3.38. The second-order valence-corrected chi connectivity index (χ2v) is 2.17. The van der Waals surface area contributed by atoms with E-state index in [1.807, 2.05) is 6.07 Å². The second kappa shape index (κ2) is 4.00. The van der Waals surface area contributed by atoms with Crippen molar-refractivity contribution in [3.8, 4) is 18.1 Å². The molecule has 0 N–H and O–H groups in total. The van der Waals surface area contributed by atoms with Crippen LogP contribution in [-0.2, 0) is 6.42 Å². The molecule has 0 bridgehead atoms. The predicted molar refractivity (Wildman–Crippen MR) is 42.0 cm³/mol. The smallest absolute Gasteiger partial charge is 0.292 e. The Morgan fingerprint density at radius 2 is 1.83 bits per heavy atom. The lowest BCUT2D eigenvalue weighted by Gasteiger charge is -1.96. The van der Waals surface area contributed by atoms with Gasteiger partial charge >= 0.3 is 0 Å². The Morgan fingerprint density at radius 3 is 2.33 bits per heavy atom. The van der Waals surface area contributed by atoms with Gasteiger partial charge in [-0.2, -0.15) is 5.26 Å². The van der Waals surface area contributed by atoms with Gasteiger partial charge in [0, 0.05) is 0 Å². The van der Waals surface area contributed by atoms with Crippen LogP contribution >= 0.6 is 0 Å². The highest BCUT2D eigenvalue weighted by molar-refractivity contribution is 5.29. The standard InChI is InChI=1S/C9H6N2O/c10-6-5-8-1-3-9(4-2-8)12-7-11/h1-4H,5H2. The molecular formula is C9H6N2O. The summed E-state index contributed by atoms with van der Waals surface area (Å²) in [6, 6.07) is 8.87.